The quantitative estimate of drug-likeness (QED) is 0.674. The molecule has 1 N–H and O–H groups in total. The highest BCUT2D eigenvalue weighted by molar-refractivity contribution is 7.92. The molecular formula is C21H19N3O3S2. The number of thiophene rings is 1. The third kappa shape index (κ3) is 3.49. The second-order valence-electron chi connectivity index (χ2n) is 7.13. The maximum atomic E-state index is 11.6. The average molecular weight is 426 g/mol. The predicted octanol–water partition coefficient (Wildman–Crippen LogP) is 4.36. The van der Waals surface area contributed by atoms with Crippen molar-refractivity contribution in [1.29, 1.82) is 0 Å². The molecule has 0 saturated carbocycles. The van der Waals surface area contributed by atoms with Crippen LogP contribution in [0.5, 0.6) is 5.75 Å². The maximum absolute atomic E-state index is 11.6. The Morgan fingerprint density at radius 1 is 1.14 bits per heavy atom. The van der Waals surface area contributed by atoms with Gasteiger partial charge in [-0.15, -0.1) is 11.3 Å². The zero-order chi connectivity index (χ0) is 20.0. The van der Waals surface area contributed by atoms with Gasteiger partial charge in [0, 0.05) is 17.7 Å². The molecule has 6 nitrogen and oxygen atoms in total. The van der Waals surface area contributed by atoms with Gasteiger partial charge in [0.2, 0.25) is 16.3 Å². The van der Waals surface area contributed by atoms with Gasteiger partial charge in [-0.25, -0.2) is 13.4 Å². The van der Waals surface area contributed by atoms with Crippen LogP contribution >= 0.6 is 11.3 Å². The molecule has 1 aromatic heterocycles. The zero-order valence-electron chi connectivity index (χ0n) is 15.6. The zero-order valence-corrected chi connectivity index (χ0v) is 17.3. The molecule has 2 atom stereocenters. The minimum atomic E-state index is -3.34. The monoisotopic (exact) mass is 425 g/mol. The third-order valence-corrected chi connectivity index (χ3v) is 6.49. The SMILES string of the molecule is CS(=O)(=O)Nc1cccc(C2=NN3[C@H](C2)c2ccccc2O[C@@H]3c2cccs2)c1. The number of benzene rings is 2. The van der Waals surface area contributed by atoms with Gasteiger partial charge in [0.1, 0.15) is 5.75 Å². The van der Waals surface area contributed by atoms with Crippen molar-refractivity contribution in [3.05, 3.63) is 82.0 Å². The van der Waals surface area contributed by atoms with Crippen LogP contribution in [0.2, 0.25) is 0 Å². The fourth-order valence-electron chi connectivity index (χ4n) is 3.80. The number of hydrazone groups is 1. The van der Waals surface area contributed by atoms with Gasteiger partial charge in [0.05, 0.1) is 22.9 Å². The van der Waals surface area contributed by atoms with Crippen molar-refractivity contribution in [3.8, 4) is 5.75 Å². The lowest BCUT2D eigenvalue weighted by molar-refractivity contribution is -0.0165. The van der Waals surface area contributed by atoms with Crippen molar-refractivity contribution in [3.63, 3.8) is 0 Å². The van der Waals surface area contributed by atoms with Crippen LogP contribution in [-0.4, -0.2) is 25.4 Å². The van der Waals surface area contributed by atoms with Gasteiger partial charge in [-0.05, 0) is 35.2 Å². The van der Waals surface area contributed by atoms with Crippen LogP contribution in [0.3, 0.4) is 0 Å². The number of anilines is 1. The summed E-state index contributed by atoms with van der Waals surface area (Å²) in [6, 6.07) is 19.6. The Balaban J connectivity index is 1.54. The molecular weight excluding hydrogens is 406 g/mol. The minimum Gasteiger partial charge on any atom is -0.464 e. The minimum absolute atomic E-state index is 0.0774. The van der Waals surface area contributed by atoms with Gasteiger partial charge in [-0.3, -0.25) is 4.72 Å². The number of fused-ring (bicyclic) bond motifs is 3. The number of para-hydroxylation sites is 1. The first-order valence-electron chi connectivity index (χ1n) is 9.21. The van der Waals surface area contributed by atoms with Gasteiger partial charge in [0.15, 0.2) is 0 Å². The second kappa shape index (κ2) is 6.89. The number of sulfonamides is 1. The molecule has 2 aliphatic heterocycles. The lowest BCUT2D eigenvalue weighted by atomic mass is 9.96. The highest BCUT2D eigenvalue weighted by Gasteiger charge is 2.41. The first-order chi connectivity index (χ1) is 14.0. The van der Waals surface area contributed by atoms with Crippen LogP contribution in [0.25, 0.3) is 0 Å². The largest absolute Gasteiger partial charge is 0.464 e. The Kier molecular flexibility index (Phi) is 4.33. The highest BCUT2D eigenvalue weighted by Crippen LogP contribution is 2.48. The fraction of sp³-hybridized carbons (Fsp3) is 0.190. The van der Waals surface area contributed by atoms with E-state index >= 15 is 0 Å². The van der Waals surface area contributed by atoms with Gasteiger partial charge in [-0.2, -0.15) is 5.10 Å². The number of nitrogens with one attached hydrogen (secondary N) is 1. The average Bonchev–Trinajstić information content (AvgIpc) is 3.36. The summed E-state index contributed by atoms with van der Waals surface area (Å²) in [7, 11) is -3.34. The number of ether oxygens (including phenoxy) is 1. The van der Waals surface area contributed by atoms with Crippen LogP contribution in [0.15, 0.2) is 71.1 Å². The molecule has 3 heterocycles. The first kappa shape index (κ1) is 18.2. The van der Waals surface area contributed by atoms with E-state index in [4.69, 9.17) is 9.84 Å². The molecule has 0 aliphatic carbocycles. The summed E-state index contributed by atoms with van der Waals surface area (Å²) in [4.78, 5) is 1.10. The summed E-state index contributed by atoms with van der Waals surface area (Å²) in [6.45, 7) is 0. The third-order valence-electron chi connectivity index (χ3n) is 4.98. The Bertz CT molecular complexity index is 1190. The van der Waals surface area contributed by atoms with Crippen LogP contribution in [0.1, 0.15) is 34.7 Å². The summed E-state index contributed by atoms with van der Waals surface area (Å²) in [5, 5.41) is 8.97. The van der Waals surface area contributed by atoms with Crippen molar-refractivity contribution in [1.82, 2.24) is 5.01 Å². The molecule has 29 heavy (non-hydrogen) atoms. The van der Waals surface area contributed by atoms with Crippen LogP contribution in [-0.2, 0) is 10.0 Å². The van der Waals surface area contributed by atoms with E-state index in [-0.39, 0.29) is 12.3 Å². The molecule has 0 radical (unpaired) electrons. The van der Waals surface area contributed by atoms with E-state index in [0.717, 1.165) is 40.1 Å². The van der Waals surface area contributed by atoms with Gasteiger partial charge in [0.25, 0.3) is 0 Å². The van der Waals surface area contributed by atoms with Crippen molar-refractivity contribution in [2.45, 2.75) is 18.7 Å². The van der Waals surface area contributed by atoms with Gasteiger partial charge >= 0.3 is 0 Å². The van der Waals surface area contributed by atoms with E-state index < -0.39 is 10.0 Å². The normalized spacial score (nSPS) is 20.4. The lowest BCUT2D eigenvalue weighted by Gasteiger charge is -2.37. The molecule has 8 heteroatoms. The summed E-state index contributed by atoms with van der Waals surface area (Å²) < 4.78 is 32.0. The van der Waals surface area contributed by atoms with Gasteiger partial charge < -0.3 is 4.74 Å². The molecule has 0 unspecified atom stereocenters. The lowest BCUT2D eigenvalue weighted by Crippen LogP contribution is -2.33. The molecule has 0 bridgehead atoms. The topological polar surface area (TPSA) is 71.0 Å². The Labute approximate surface area is 173 Å². The van der Waals surface area contributed by atoms with E-state index in [9.17, 15) is 8.42 Å². The Hall–Kier alpha value is -2.84. The summed E-state index contributed by atoms with van der Waals surface area (Å²) >= 11 is 1.65. The summed E-state index contributed by atoms with van der Waals surface area (Å²) in [5.41, 5.74) is 3.46. The molecule has 5 rings (SSSR count). The number of rotatable bonds is 4. The molecule has 0 fully saturated rings. The Morgan fingerprint density at radius 2 is 2.00 bits per heavy atom. The van der Waals surface area contributed by atoms with E-state index in [2.05, 4.69) is 16.9 Å². The predicted molar refractivity (Wildman–Crippen MR) is 115 cm³/mol. The van der Waals surface area contributed by atoms with E-state index in [0.29, 0.717) is 5.69 Å². The molecule has 2 aromatic carbocycles. The molecule has 148 valence electrons. The fourth-order valence-corrected chi connectivity index (χ4v) is 5.10. The van der Waals surface area contributed by atoms with Crippen LogP contribution < -0.4 is 9.46 Å². The van der Waals surface area contributed by atoms with Gasteiger partial charge in [-0.1, -0.05) is 36.4 Å². The van der Waals surface area contributed by atoms with Crippen molar-refractivity contribution >= 4 is 32.8 Å². The molecule has 0 amide bonds. The van der Waals surface area contributed by atoms with E-state index in [1.165, 1.54) is 0 Å². The number of nitrogens with zero attached hydrogens (tertiary/aromatic N) is 2. The number of hydrogen-bond acceptors (Lipinski definition) is 6. The highest BCUT2D eigenvalue weighted by atomic mass is 32.2. The van der Waals surface area contributed by atoms with Crippen LogP contribution in [0, 0.1) is 0 Å². The van der Waals surface area contributed by atoms with E-state index in [1.54, 1.807) is 17.4 Å². The van der Waals surface area contributed by atoms with Crippen molar-refractivity contribution in [2.75, 3.05) is 11.0 Å². The maximum Gasteiger partial charge on any atom is 0.229 e. The second-order valence-corrected chi connectivity index (χ2v) is 9.85. The molecule has 3 aromatic rings. The van der Waals surface area contributed by atoms with E-state index in [1.807, 2.05) is 52.9 Å². The number of hydrogen-bond donors (Lipinski definition) is 1. The van der Waals surface area contributed by atoms with Crippen molar-refractivity contribution in [2.24, 2.45) is 5.10 Å². The first-order valence-corrected chi connectivity index (χ1v) is 12.0. The molecule has 2 aliphatic rings. The van der Waals surface area contributed by atoms with Crippen molar-refractivity contribution < 1.29 is 13.2 Å². The van der Waals surface area contributed by atoms with Crippen LogP contribution in [0.4, 0.5) is 5.69 Å². The smallest absolute Gasteiger partial charge is 0.229 e. The Morgan fingerprint density at radius 3 is 2.79 bits per heavy atom. The summed E-state index contributed by atoms with van der Waals surface area (Å²) in [6.07, 6.45) is 1.60. The molecule has 0 saturated heterocycles. The molecule has 0 spiro atoms. The standard InChI is InChI=1S/C21H19N3O3S2/c1-29(25,26)23-15-7-4-6-14(12-15)17-13-18-16-8-2-3-9-19(16)27-21(24(18)22-17)20-10-5-11-28-20/h2-12,18,21,23H,13H2,1H3/t18-,21-/m1/s1. The summed E-state index contributed by atoms with van der Waals surface area (Å²) in [5.74, 6) is 0.885.